The van der Waals surface area contributed by atoms with Crippen LogP contribution >= 0.6 is 0 Å². The van der Waals surface area contributed by atoms with Crippen LogP contribution in [0.4, 0.5) is 5.69 Å². The Bertz CT molecular complexity index is 996. The van der Waals surface area contributed by atoms with Gasteiger partial charge in [-0.15, -0.1) is 0 Å². The summed E-state index contributed by atoms with van der Waals surface area (Å²) in [6.45, 7) is 4.46. The molecule has 0 aliphatic heterocycles. The normalized spacial score (nSPS) is 10.6. The van der Waals surface area contributed by atoms with E-state index in [0.29, 0.717) is 12.2 Å². The second kappa shape index (κ2) is 7.41. The largest absolute Gasteiger partial charge is 0.337 e. The van der Waals surface area contributed by atoms with E-state index in [9.17, 15) is 14.9 Å². The number of benzene rings is 2. The second-order valence-corrected chi connectivity index (χ2v) is 6.52. The number of amides is 1. The lowest BCUT2D eigenvalue weighted by Gasteiger charge is -2.19. The molecule has 3 aromatic rings. The van der Waals surface area contributed by atoms with Crippen LogP contribution in [0.15, 0.2) is 55.1 Å². The van der Waals surface area contributed by atoms with Crippen LogP contribution in [0.5, 0.6) is 0 Å². The summed E-state index contributed by atoms with van der Waals surface area (Å²) in [4.78, 5) is 29.2. The molecule has 3 rings (SSSR count). The topological polar surface area (TPSA) is 81.3 Å². The summed E-state index contributed by atoms with van der Waals surface area (Å²) in [7, 11) is 1.69. The Morgan fingerprint density at radius 3 is 2.63 bits per heavy atom. The molecule has 7 heteroatoms. The van der Waals surface area contributed by atoms with Gasteiger partial charge in [0.05, 0.1) is 11.3 Å². The zero-order valence-electron chi connectivity index (χ0n) is 15.4. The Hall–Kier alpha value is -3.48. The summed E-state index contributed by atoms with van der Waals surface area (Å²) >= 11 is 0. The van der Waals surface area contributed by atoms with Crippen LogP contribution in [0.3, 0.4) is 0 Å². The first-order valence-corrected chi connectivity index (χ1v) is 8.45. The van der Waals surface area contributed by atoms with Crippen molar-refractivity contribution < 1.29 is 9.72 Å². The van der Waals surface area contributed by atoms with E-state index in [2.05, 4.69) is 11.1 Å². The highest BCUT2D eigenvalue weighted by Crippen LogP contribution is 2.25. The molecule has 138 valence electrons. The average Bonchev–Trinajstić information content (AvgIpc) is 3.17. The molecule has 0 unspecified atom stereocenters. The van der Waals surface area contributed by atoms with Gasteiger partial charge in [0.2, 0.25) is 0 Å². The predicted octanol–water partition coefficient (Wildman–Crippen LogP) is 3.67. The number of imidazole rings is 1. The van der Waals surface area contributed by atoms with Crippen LogP contribution in [0.1, 0.15) is 27.0 Å². The fourth-order valence-corrected chi connectivity index (χ4v) is 2.99. The van der Waals surface area contributed by atoms with Gasteiger partial charge < -0.3 is 9.47 Å². The molecule has 0 aliphatic carbocycles. The number of aromatic nitrogens is 2. The molecule has 7 nitrogen and oxygen atoms in total. The summed E-state index contributed by atoms with van der Waals surface area (Å²) < 4.78 is 1.55. The molecule has 0 saturated heterocycles. The third-order valence-corrected chi connectivity index (χ3v) is 4.45. The highest BCUT2D eigenvalue weighted by Gasteiger charge is 2.21. The molecule has 0 spiro atoms. The molecule has 0 saturated carbocycles. The molecule has 0 aliphatic rings. The first-order valence-electron chi connectivity index (χ1n) is 8.45. The lowest BCUT2D eigenvalue weighted by atomic mass is 10.0. The van der Waals surface area contributed by atoms with Crippen LogP contribution in [-0.4, -0.2) is 32.3 Å². The number of nitro benzene ring substituents is 1. The van der Waals surface area contributed by atoms with E-state index in [4.69, 9.17) is 0 Å². The average molecular weight is 364 g/mol. The standard InChI is InChI=1S/C20H20N4O3/c1-14-4-5-17(15(2)10-14)12-22(3)20(25)16-6-7-18(19(11-16)24(26)27)23-9-8-21-13-23/h4-11,13H,12H2,1-3H3. The Morgan fingerprint density at radius 2 is 2.00 bits per heavy atom. The Morgan fingerprint density at radius 1 is 1.22 bits per heavy atom. The van der Waals surface area contributed by atoms with Crippen molar-refractivity contribution in [3.8, 4) is 5.69 Å². The number of hydrogen-bond acceptors (Lipinski definition) is 4. The van der Waals surface area contributed by atoms with Crippen LogP contribution in [0.2, 0.25) is 0 Å². The predicted molar refractivity (Wildman–Crippen MR) is 102 cm³/mol. The zero-order valence-corrected chi connectivity index (χ0v) is 15.4. The first-order chi connectivity index (χ1) is 12.9. The molecule has 0 radical (unpaired) electrons. The van der Waals surface area contributed by atoms with Crippen molar-refractivity contribution in [2.24, 2.45) is 0 Å². The number of nitro groups is 1. The fraction of sp³-hybridized carbons (Fsp3) is 0.200. The lowest BCUT2D eigenvalue weighted by Crippen LogP contribution is -2.26. The molecule has 0 bridgehead atoms. The quantitative estimate of drug-likeness (QED) is 0.511. The van der Waals surface area contributed by atoms with Gasteiger partial charge in [0.15, 0.2) is 0 Å². The van der Waals surface area contributed by atoms with Crippen molar-refractivity contribution >= 4 is 11.6 Å². The highest BCUT2D eigenvalue weighted by molar-refractivity contribution is 5.95. The summed E-state index contributed by atoms with van der Waals surface area (Å²) in [5.74, 6) is -0.268. The van der Waals surface area contributed by atoms with Crippen LogP contribution in [0.25, 0.3) is 5.69 Å². The van der Waals surface area contributed by atoms with E-state index in [1.165, 1.54) is 12.4 Å². The van der Waals surface area contributed by atoms with E-state index in [1.54, 1.807) is 41.0 Å². The van der Waals surface area contributed by atoms with E-state index >= 15 is 0 Å². The van der Waals surface area contributed by atoms with Crippen LogP contribution < -0.4 is 0 Å². The third kappa shape index (κ3) is 3.87. The van der Waals surface area contributed by atoms with E-state index in [1.807, 2.05) is 26.0 Å². The number of aryl methyl sites for hydroxylation is 2. The molecule has 0 atom stereocenters. The number of nitrogens with zero attached hydrogens (tertiary/aromatic N) is 4. The number of carbonyl (C=O) groups excluding carboxylic acids is 1. The molecule has 1 amide bonds. The van der Waals surface area contributed by atoms with Crippen molar-refractivity contribution in [3.05, 3.63) is 87.5 Å². The second-order valence-electron chi connectivity index (χ2n) is 6.52. The van der Waals surface area contributed by atoms with Crippen molar-refractivity contribution in [1.82, 2.24) is 14.5 Å². The molecule has 0 N–H and O–H groups in total. The van der Waals surface area contributed by atoms with Gasteiger partial charge in [0, 0.05) is 37.6 Å². The maximum Gasteiger partial charge on any atom is 0.294 e. The van der Waals surface area contributed by atoms with Gasteiger partial charge in [-0.25, -0.2) is 4.98 Å². The minimum Gasteiger partial charge on any atom is -0.337 e. The highest BCUT2D eigenvalue weighted by atomic mass is 16.6. The molecular weight excluding hydrogens is 344 g/mol. The van der Waals surface area contributed by atoms with Gasteiger partial charge >= 0.3 is 0 Å². The van der Waals surface area contributed by atoms with Gasteiger partial charge in [-0.05, 0) is 37.1 Å². The first kappa shape index (κ1) is 18.3. The Balaban J connectivity index is 1.87. The maximum absolute atomic E-state index is 12.8. The molecular formula is C20H20N4O3. The van der Waals surface area contributed by atoms with E-state index in [0.717, 1.165) is 16.7 Å². The summed E-state index contributed by atoms with van der Waals surface area (Å²) in [5, 5.41) is 11.5. The monoisotopic (exact) mass is 364 g/mol. The number of rotatable bonds is 5. The van der Waals surface area contributed by atoms with Gasteiger partial charge in [0.1, 0.15) is 5.69 Å². The Labute approximate surface area is 157 Å². The van der Waals surface area contributed by atoms with E-state index < -0.39 is 4.92 Å². The molecule has 1 aromatic heterocycles. The summed E-state index contributed by atoms with van der Waals surface area (Å²) in [6.07, 6.45) is 4.65. The molecule has 1 heterocycles. The Kier molecular flexibility index (Phi) is 5.03. The van der Waals surface area contributed by atoms with Crippen LogP contribution in [0, 0.1) is 24.0 Å². The minimum absolute atomic E-state index is 0.140. The summed E-state index contributed by atoms with van der Waals surface area (Å²) in [5.41, 5.74) is 3.82. The molecule has 27 heavy (non-hydrogen) atoms. The van der Waals surface area contributed by atoms with Gasteiger partial charge in [-0.1, -0.05) is 23.8 Å². The number of carbonyl (C=O) groups is 1. The zero-order chi connectivity index (χ0) is 19.6. The van der Waals surface area contributed by atoms with Crippen LogP contribution in [-0.2, 0) is 6.54 Å². The van der Waals surface area contributed by atoms with E-state index in [-0.39, 0.29) is 17.2 Å². The minimum atomic E-state index is -0.490. The van der Waals surface area contributed by atoms with Gasteiger partial charge in [0.25, 0.3) is 11.6 Å². The number of hydrogen-bond donors (Lipinski definition) is 0. The van der Waals surface area contributed by atoms with Crippen molar-refractivity contribution in [3.63, 3.8) is 0 Å². The van der Waals surface area contributed by atoms with Crippen molar-refractivity contribution in [2.45, 2.75) is 20.4 Å². The van der Waals surface area contributed by atoms with Crippen molar-refractivity contribution in [1.29, 1.82) is 0 Å². The molecule has 2 aromatic carbocycles. The SMILES string of the molecule is Cc1ccc(CN(C)C(=O)c2ccc(-n3ccnc3)c([N+](=O)[O-])c2)c(C)c1. The lowest BCUT2D eigenvalue weighted by molar-refractivity contribution is -0.384. The van der Waals surface area contributed by atoms with Gasteiger partial charge in [-0.3, -0.25) is 14.9 Å². The van der Waals surface area contributed by atoms with Crippen molar-refractivity contribution in [2.75, 3.05) is 7.05 Å². The molecule has 0 fully saturated rings. The third-order valence-electron chi connectivity index (χ3n) is 4.45. The van der Waals surface area contributed by atoms with Gasteiger partial charge in [-0.2, -0.15) is 0 Å². The maximum atomic E-state index is 12.8. The fourth-order valence-electron chi connectivity index (χ4n) is 2.99. The summed E-state index contributed by atoms with van der Waals surface area (Å²) in [6, 6.07) is 10.6. The smallest absolute Gasteiger partial charge is 0.294 e.